The molecular weight excluding hydrogens is 188 g/mol. The molecule has 0 bridgehead atoms. The fourth-order valence-corrected chi connectivity index (χ4v) is 2.05. The molecule has 1 fully saturated rings. The van der Waals surface area contributed by atoms with Crippen LogP contribution in [0.4, 0.5) is 0 Å². The van der Waals surface area contributed by atoms with Crippen LogP contribution in [0.2, 0.25) is 0 Å². The van der Waals surface area contributed by atoms with Crippen LogP contribution in [0, 0.1) is 5.92 Å². The molecule has 1 aliphatic rings. The van der Waals surface area contributed by atoms with Crippen LogP contribution in [0.15, 0.2) is 0 Å². The maximum absolute atomic E-state index is 12.1. The molecule has 0 aliphatic carbocycles. The summed E-state index contributed by atoms with van der Waals surface area (Å²) in [5.41, 5.74) is -0.313. The topological polar surface area (TPSA) is 32.3 Å². The van der Waals surface area contributed by atoms with E-state index in [9.17, 15) is 4.79 Å². The van der Waals surface area contributed by atoms with Crippen LogP contribution in [0.25, 0.3) is 0 Å². The molecule has 3 nitrogen and oxygen atoms in total. The Balaban J connectivity index is 2.56. The standard InChI is InChI=1S/C12H24N2O/c1-5-10(6-2)8-14-9-13-12(4,7-3)11(14)15/h10,13H,5-9H2,1-4H3. The first-order chi connectivity index (χ1) is 7.07. The molecule has 88 valence electrons. The monoisotopic (exact) mass is 212 g/mol. The lowest BCUT2D eigenvalue weighted by atomic mass is 9.98. The van der Waals surface area contributed by atoms with Gasteiger partial charge >= 0.3 is 0 Å². The molecule has 0 aromatic carbocycles. The molecule has 0 aromatic rings. The van der Waals surface area contributed by atoms with Crippen LogP contribution < -0.4 is 5.32 Å². The van der Waals surface area contributed by atoms with Gasteiger partial charge in [-0.25, -0.2) is 0 Å². The van der Waals surface area contributed by atoms with E-state index in [1.54, 1.807) is 0 Å². The molecule has 1 atom stereocenters. The molecule has 1 N–H and O–H groups in total. The summed E-state index contributed by atoms with van der Waals surface area (Å²) in [7, 11) is 0. The van der Waals surface area contributed by atoms with Crippen molar-refractivity contribution in [2.45, 2.75) is 52.5 Å². The average Bonchev–Trinajstić information content (AvgIpc) is 2.54. The SMILES string of the molecule is CCC(CC)CN1CNC(C)(CC)C1=O. The number of amides is 1. The summed E-state index contributed by atoms with van der Waals surface area (Å²) in [6, 6.07) is 0. The minimum atomic E-state index is -0.313. The summed E-state index contributed by atoms with van der Waals surface area (Å²) in [4.78, 5) is 14.1. The first-order valence-electron chi connectivity index (χ1n) is 6.11. The van der Waals surface area contributed by atoms with E-state index in [4.69, 9.17) is 0 Å². The lowest BCUT2D eigenvalue weighted by Crippen LogP contribution is -2.43. The molecule has 1 rings (SSSR count). The van der Waals surface area contributed by atoms with Crippen LogP contribution in [-0.4, -0.2) is 29.6 Å². The molecule has 1 saturated heterocycles. The van der Waals surface area contributed by atoms with Gasteiger partial charge in [-0.15, -0.1) is 0 Å². The molecule has 0 spiro atoms. The van der Waals surface area contributed by atoms with Crippen molar-refractivity contribution in [1.82, 2.24) is 10.2 Å². The zero-order chi connectivity index (χ0) is 11.5. The molecule has 1 unspecified atom stereocenters. The van der Waals surface area contributed by atoms with Gasteiger partial charge in [0.25, 0.3) is 0 Å². The summed E-state index contributed by atoms with van der Waals surface area (Å²) in [6.07, 6.45) is 3.18. The average molecular weight is 212 g/mol. The Morgan fingerprint density at radius 2 is 2.00 bits per heavy atom. The van der Waals surface area contributed by atoms with E-state index in [1.165, 1.54) is 0 Å². The summed E-state index contributed by atoms with van der Waals surface area (Å²) >= 11 is 0. The van der Waals surface area contributed by atoms with Gasteiger partial charge < -0.3 is 4.90 Å². The lowest BCUT2D eigenvalue weighted by Gasteiger charge is -2.23. The van der Waals surface area contributed by atoms with E-state index in [0.717, 1.165) is 32.5 Å². The van der Waals surface area contributed by atoms with E-state index < -0.39 is 0 Å². The lowest BCUT2D eigenvalue weighted by molar-refractivity contribution is -0.132. The third-order valence-corrected chi connectivity index (χ3v) is 3.76. The number of nitrogens with one attached hydrogen (secondary N) is 1. The van der Waals surface area contributed by atoms with Gasteiger partial charge in [-0.05, 0) is 19.3 Å². The summed E-state index contributed by atoms with van der Waals surface area (Å²) in [6.45, 7) is 10.1. The number of carbonyl (C=O) groups excluding carboxylic acids is 1. The van der Waals surface area contributed by atoms with Crippen LogP contribution in [0.1, 0.15) is 47.0 Å². The summed E-state index contributed by atoms with van der Waals surface area (Å²) in [5, 5.41) is 3.31. The molecule has 3 heteroatoms. The number of rotatable bonds is 5. The predicted molar refractivity (Wildman–Crippen MR) is 62.5 cm³/mol. The van der Waals surface area contributed by atoms with Gasteiger partial charge in [-0.2, -0.15) is 0 Å². The second-order valence-corrected chi connectivity index (χ2v) is 4.73. The highest BCUT2D eigenvalue weighted by Gasteiger charge is 2.40. The van der Waals surface area contributed by atoms with Crippen molar-refractivity contribution in [3.63, 3.8) is 0 Å². The second kappa shape index (κ2) is 4.97. The number of nitrogens with zero attached hydrogens (tertiary/aromatic N) is 1. The maximum Gasteiger partial charge on any atom is 0.243 e. The van der Waals surface area contributed by atoms with Crippen LogP contribution in [-0.2, 0) is 4.79 Å². The molecule has 1 heterocycles. The highest BCUT2D eigenvalue weighted by atomic mass is 16.2. The van der Waals surface area contributed by atoms with Crippen LogP contribution in [0.3, 0.4) is 0 Å². The van der Waals surface area contributed by atoms with Crippen molar-refractivity contribution < 1.29 is 4.79 Å². The molecule has 0 saturated carbocycles. The Morgan fingerprint density at radius 1 is 1.40 bits per heavy atom. The van der Waals surface area contributed by atoms with Crippen molar-refractivity contribution in [2.24, 2.45) is 5.92 Å². The van der Waals surface area contributed by atoms with Gasteiger partial charge in [0, 0.05) is 6.54 Å². The summed E-state index contributed by atoms with van der Waals surface area (Å²) in [5.74, 6) is 0.923. The van der Waals surface area contributed by atoms with Crippen molar-refractivity contribution in [3.05, 3.63) is 0 Å². The van der Waals surface area contributed by atoms with Gasteiger partial charge in [-0.3, -0.25) is 10.1 Å². The Hall–Kier alpha value is -0.570. The molecule has 0 radical (unpaired) electrons. The van der Waals surface area contributed by atoms with E-state index in [0.29, 0.717) is 5.92 Å². The van der Waals surface area contributed by atoms with Gasteiger partial charge in [0.05, 0.1) is 12.2 Å². The van der Waals surface area contributed by atoms with E-state index >= 15 is 0 Å². The molecule has 15 heavy (non-hydrogen) atoms. The molecule has 1 aliphatic heterocycles. The normalized spacial score (nSPS) is 26.7. The first kappa shape index (κ1) is 12.5. The minimum absolute atomic E-state index is 0.275. The largest absolute Gasteiger partial charge is 0.328 e. The first-order valence-corrected chi connectivity index (χ1v) is 6.11. The highest BCUT2D eigenvalue weighted by Crippen LogP contribution is 2.21. The Morgan fingerprint density at radius 3 is 2.40 bits per heavy atom. The van der Waals surface area contributed by atoms with Crippen molar-refractivity contribution >= 4 is 5.91 Å². The fourth-order valence-electron chi connectivity index (χ4n) is 2.05. The van der Waals surface area contributed by atoms with Gasteiger partial charge in [-0.1, -0.05) is 33.6 Å². The molecule has 0 aromatic heterocycles. The smallest absolute Gasteiger partial charge is 0.243 e. The van der Waals surface area contributed by atoms with Crippen molar-refractivity contribution in [3.8, 4) is 0 Å². The Kier molecular flexibility index (Phi) is 4.14. The zero-order valence-corrected chi connectivity index (χ0v) is 10.5. The second-order valence-electron chi connectivity index (χ2n) is 4.73. The Labute approximate surface area is 93.2 Å². The Bertz CT molecular complexity index is 226. The number of hydrogen-bond donors (Lipinski definition) is 1. The third-order valence-electron chi connectivity index (χ3n) is 3.76. The van der Waals surface area contributed by atoms with Gasteiger partial charge in [0.15, 0.2) is 0 Å². The van der Waals surface area contributed by atoms with Crippen molar-refractivity contribution in [2.75, 3.05) is 13.2 Å². The zero-order valence-electron chi connectivity index (χ0n) is 10.5. The summed E-state index contributed by atoms with van der Waals surface area (Å²) < 4.78 is 0. The quantitative estimate of drug-likeness (QED) is 0.756. The number of hydrogen-bond acceptors (Lipinski definition) is 2. The van der Waals surface area contributed by atoms with Crippen LogP contribution >= 0.6 is 0 Å². The van der Waals surface area contributed by atoms with Gasteiger partial charge in [0.2, 0.25) is 5.91 Å². The third kappa shape index (κ3) is 2.51. The predicted octanol–water partition coefficient (Wildman–Crippen LogP) is 1.98. The maximum atomic E-state index is 12.1. The highest BCUT2D eigenvalue weighted by molar-refractivity contribution is 5.87. The molecular formula is C12H24N2O. The van der Waals surface area contributed by atoms with Crippen molar-refractivity contribution in [1.29, 1.82) is 0 Å². The van der Waals surface area contributed by atoms with Gasteiger partial charge in [0.1, 0.15) is 0 Å². The van der Waals surface area contributed by atoms with E-state index in [2.05, 4.69) is 26.1 Å². The van der Waals surface area contributed by atoms with Crippen LogP contribution in [0.5, 0.6) is 0 Å². The van der Waals surface area contributed by atoms with E-state index in [1.807, 2.05) is 11.8 Å². The number of carbonyl (C=O) groups is 1. The minimum Gasteiger partial charge on any atom is -0.328 e. The fraction of sp³-hybridized carbons (Fsp3) is 0.917. The van der Waals surface area contributed by atoms with E-state index in [-0.39, 0.29) is 11.4 Å². The molecule has 1 amide bonds.